The van der Waals surface area contributed by atoms with Gasteiger partial charge in [0.05, 0.1) is 17.7 Å². The topological polar surface area (TPSA) is 23.1 Å². The van der Waals surface area contributed by atoms with Crippen molar-refractivity contribution in [3.63, 3.8) is 0 Å². The summed E-state index contributed by atoms with van der Waals surface area (Å²) >= 11 is 7.16. The molecule has 12 heavy (non-hydrogen) atoms. The Kier molecular flexibility index (Phi) is 2.98. The van der Waals surface area contributed by atoms with Gasteiger partial charge in [-0.15, -0.1) is 0 Å². The van der Waals surface area contributed by atoms with Crippen LogP contribution in [0, 0.1) is 20.4 Å². The highest BCUT2D eigenvalue weighted by atomic mass is 127. The van der Waals surface area contributed by atoms with Gasteiger partial charge in [0.2, 0.25) is 5.02 Å². The number of hydrogen-bond acceptors (Lipinski definition) is 1. The first kappa shape index (κ1) is 10.2. The van der Waals surface area contributed by atoms with Crippen molar-refractivity contribution in [2.24, 2.45) is 0 Å². The van der Waals surface area contributed by atoms with Gasteiger partial charge in [-0.1, -0.05) is 0 Å². The maximum absolute atomic E-state index is 11.5. The minimum atomic E-state index is -0.411. The number of rotatable bonds is 1. The van der Waals surface area contributed by atoms with Crippen LogP contribution in [0.2, 0.25) is 5.02 Å². The second kappa shape index (κ2) is 3.49. The van der Waals surface area contributed by atoms with Crippen LogP contribution >= 0.6 is 22.6 Å². The molecule has 0 radical (unpaired) electrons. The van der Waals surface area contributed by atoms with Crippen LogP contribution in [-0.2, 0) is 0 Å². The first-order chi connectivity index (χ1) is 5.41. The fourth-order valence-electron chi connectivity index (χ4n) is 0.825. The molecule has 0 fully saturated rings. The van der Waals surface area contributed by atoms with Gasteiger partial charge in [0.15, 0.2) is 11.6 Å². The van der Waals surface area contributed by atoms with Crippen molar-refractivity contribution in [3.8, 4) is 0 Å². The number of halogens is 2. The Bertz CT molecular complexity index is 296. The second-order valence-corrected chi connectivity index (χ2v) is 4.57. The quantitative estimate of drug-likeness (QED) is 0.442. The van der Waals surface area contributed by atoms with Crippen molar-refractivity contribution in [1.29, 1.82) is 0 Å². The fourth-order valence-corrected chi connectivity index (χ4v) is 1.45. The van der Waals surface area contributed by atoms with Gasteiger partial charge in [0.1, 0.15) is 5.69 Å². The standard InChI is InChI=1S/C8H10ClINO/c1-11(2,12)6-3-4-7(9)8(10)5-6/h3-5,9H,1-2H3/q+1. The molecule has 4 heteroatoms. The highest BCUT2D eigenvalue weighted by Gasteiger charge is 2.12. The molecule has 0 N–H and O–H groups in total. The molecule has 0 aromatic heterocycles. The Hall–Kier alpha value is 0.160. The maximum Gasteiger partial charge on any atom is 0.239 e. The SMILES string of the molecule is C[N+](C)([O-])c1ccc([ClH+])c(I)c1. The van der Waals surface area contributed by atoms with Gasteiger partial charge in [-0.2, -0.15) is 0 Å². The summed E-state index contributed by atoms with van der Waals surface area (Å²) < 4.78 is 0.549. The number of hydroxylamine groups is 2. The summed E-state index contributed by atoms with van der Waals surface area (Å²) in [6, 6.07) is 5.40. The summed E-state index contributed by atoms with van der Waals surface area (Å²) in [6.07, 6.45) is 0. The highest BCUT2D eigenvalue weighted by molar-refractivity contribution is 14.1. The van der Waals surface area contributed by atoms with Crippen molar-refractivity contribution >= 4 is 28.3 Å². The molecule has 0 aliphatic rings. The van der Waals surface area contributed by atoms with Crippen molar-refractivity contribution in [2.75, 3.05) is 14.1 Å². The molecule has 0 atom stereocenters. The molecule has 0 spiro atoms. The molecule has 2 nitrogen and oxygen atoms in total. The summed E-state index contributed by atoms with van der Waals surface area (Å²) in [5.41, 5.74) is 0.730. The third-order valence-corrected chi connectivity index (χ3v) is 3.15. The highest BCUT2D eigenvalue weighted by Crippen LogP contribution is 2.23. The Morgan fingerprint density at radius 3 is 2.42 bits per heavy atom. The molecular formula is C8H10ClINO+. The number of nitrogens with zero attached hydrogens (tertiary/aromatic N) is 1. The van der Waals surface area contributed by atoms with Crippen molar-refractivity contribution in [1.82, 2.24) is 4.65 Å². The summed E-state index contributed by atoms with van der Waals surface area (Å²) in [4.78, 5) is 0. The number of quaternary nitrogens is 1. The Balaban J connectivity index is 3.14. The Morgan fingerprint density at radius 1 is 1.42 bits per heavy atom. The van der Waals surface area contributed by atoms with Gasteiger partial charge in [-0.25, -0.2) is 0 Å². The van der Waals surface area contributed by atoms with Gasteiger partial charge in [-0.3, -0.25) is 0 Å². The monoisotopic (exact) mass is 298 g/mol. The third kappa shape index (κ3) is 2.32. The van der Waals surface area contributed by atoms with E-state index in [9.17, 15) is 5.21 Å². The van der Waals surface area contributed by atoms with Gasteiger partial charge < -0.3 is 9.85 Å². The summed E-state index contributed by atoms with van der Waals surface area (Å²) in [5, 5.41) is 12.3. The molecule has 0 aliphatic heterocycles. The van der Waals surface area contributed by atoms with Crippen LogP contribution in [0.5, 0.6) is 0 Å². The molecule has 1 rings (SSSR count). The van der Waals surface area contributed by atoms with E-state index in [0.717, 1.165) is 14.3 Å². The molecule has 0 bridgehead atoms. The van der Waals surface area contributed by atoms with Gasteiger partial charge >= 0.3 is 0 Å². The molecule has 66 valence electrons. The van der Waals surface area contributed by atoms with Gasteiger partial charge in [-0.05, 0) is 22.6 Å². The number of benzene rings is 1. The third-order valence-electron chi connectivity index (χ3n) is 1.54. The van der Waals surface area contributed by atoms with E-state index in [0.29, 0.717) is 0 Å². The minimum Gasteiger partial charge on any atom is -0.628 e. The molecule has 0 amide bonds. The average Bonchev–Trinajstić information content (AvgIpc) is 1.92. The lowest BCUT2D eigenvalue weighted by Crippen LogP contribution is -2.32. The van der Waals surface area contributed by atoms with E-state index >= 15 is 0 Å². The van der Waals surface area contributed by atoms with E-state index in [1.54, 1.807) is 26.2 Å². The largest absolute Gasteiger partial charge is 0.628 e. The summed E-state index contributed by atoms with van der Waals surface area (Å²) in [6.45, 7) is 0. The van der Waals surface area contributed by atoms with Gasteiger partial charge in [0, 0.05) is 18.2 Å². The van der Waals surface area contributed by atoms with Crippen LogP contribution in [0.15, 0.2) is 18.2 Å². The summed E-state index contributed by atoms with van der Waals surface area (Å²) in [7, 11) is 3.18. The van der Waals surface area contributed by atoms with Crippen LogP contribution in [0.1, 0.15) is 0 Å². The van der Waals surface area contributed by atoms with E-state index < -0.39 is 4.65 Å². The molecule has 1 aromatic rings. The van der Waals surface area contributed by atoms with Crippen molar-refractivity contribution in [3.05, 3.63) is 32.0 Å². The van der Waals surface area contributed by atoms with Crippen LogP contribution < -0.4 is 4.65 Å². The van der Waals surface area contributed by atoms with Gasteiger partial charge in [0.25, 0.3) is 0 Å². The molecule has 0 heterocycles. The lowest BCUT2D eigenvalue weighted by atomic mass is 10.3. The maximum atomic E-state index is 11.5. The van der Waals surface area contributed by atoms with Crippen LogP contribution in [0.4, 0.5) is 5.69 Å². The van der Waals surface area contributed by atoms with E-state index in [4.69, 9.17) is 11.6 Å². The molecule has 1 aromatic carbocycles. The predicted molar refractivity (Wildman–Crippen MR) is 56.7 cm³/mol. The zero-order chi connectivity index (χ0) is 9.35. The van der Waals surface area contributed by atoms with Crippen LogP contribution in [0.3, 0.4) is 0 Å². The molecule has 0 saturated heterocycles. The van der Waals surface area contributed by atoms with Crippen LogP contribution in [-0.4, -0.2) is 14.1 Å². The minimum absolute atomic E-state index is 0.411. The molecule has 0 saturated carbocycles. The van der Waals surface area contributed by atoms with Crippen LogP contribution in [0.25, 0.3) is 0 Å². The van der Waals surface area contributed by atoms with Crippen molar-refractivity contribution < 1.29 is 11.6 Å². The predicted octanol–water partition coefficient (Wildman–Crippen LogP) is 2.05. The zero-order valence-corrected chi connectivity index (χ0v) is 9.85. The molecule has 0 aliphatic carbocycles. The zero-order valence-electron chi connectivity index (χ0n) is 6.87. The van der Waals surface area contributed by atoms with E-state index in [2.05, 4.69) is 22.6 Å². The summed E-state index contributed by atoms with van der Waals surface area (Å²) in [5.74, 6) is 0. The second-order valence-electron chi connectivity index (χ2n) is 2.97. The normalized spacial score (nSPS) is 11.8. The Labute approximate surface area is 90.4 Å². The first-order valence-corrected chi connectivity index (χ1v) is 4.92. The van der Waals surface area contributed by atoms with E-state index in [-0.39, 0.29) is 0 Å². The molecular weight excluding hydrogens is 288 g/mol. The number of hydrogen-bond donors (Lipinski definition) is 0. The Morgan fingerprint density at radius 2 is 2.00 bits per heavy atom. The lowest BCUT2D eigenvalue weighted by molar-refractivity contribution is -0.290. The average molecular weight is 299 g/mol. The lowest BCUT2D eigenvalue weighted by Gasteiger charge is -2.32. The van der Waals surface area contributed by atoms with Crippen molar-refractivity contribution in [2.45, 2.75) is 0 Å². The van der Waals surface area contributed by atoms with E-state index in [1.807, 2.05) is 6.07 Å². The fraction of sp³-hybridized carbons (Fsp3) is 0.250. The first-order valence-electron chi connectivity index (χ1n) is 3.43. The smallest absolute Gasteiger partial charge is 0.239 e. The molecule has 0 unspecified atom stereocenters. The van der Waals surface area contributed by atoms with E-state index in [1.165, 1.54) is 0 Å².